The van der Waals surface area contributed by atoms with Crippen molar-refractivity contribution < 1.29 is 9.53 Å². The Kier molecular flexibility index (Phi) is 4.79. The zero-order chi connectivity index (χ0) is 16.9. The van der Waals surface area contributed by atoms with Crippen molar-refractivity contribution in [2.24, 2.45) is 0 Å². The quantitative estimate of drug-likeness (QED) is 0.731. The normalized spacial score (nSPS) is 12.1. The van der Waals surface area contributed by atoms with E-state index >= 15 is 0 Å². The molecule has 1 atom stereocenters. The molecule has 0 saturated heterocycles. The second-order valence-corrected chi connectivity index (χ2v) is 5.68. The number of benzene rings is 2. The van der Waals surface area contributed by atoms with Crippen LogP contribution in [0.25, 0.3) is 11.0 Å². The fraction of sp³-hybridized carbons (Fsp3) is 0.263. The van der Waals surface area contributed by atoms with E-state index in [0.717, 1.165) is 28.2 Å². The number of aromatic nitrogens is 2. The molecular formula is C19H21N3O2. The van der Waals surface area contributed by atoms with Crippen LogP contribution in [0.4, 0.5) is 0 Å². The van der Waals surface area contributed by atoms with Crippen molar-refractivity contribution in [3.63, 3.8) is 0 Å². The van der Waals surface area contributed by atoms with Crippen LogP contribution in [0.1, 0.15) is 31.3 Å². The summed E-state index contributed by atoms with van der Waals surface area (Å²) in [6.45, 7) is 4.50. The molecule has 3 rings (SSSR count). The zero-order valence-electron chi connectivity index (χ0n) is 13.9. The molecule has 5 heteroatoms. The number of para-hydroxylation sites is 2. The van der Waals surface area contributed by atoms with Crippen LogP contribution in [-0.4, -0.2) is 22.5 Å². The predicted molar refractivity (Wildman–Crippen MR) is 94.0 cm³/mol. The molecule has 1 amide bonds. The van der Waals surface area contributed by atoms with E-state index in [1.54, 1.807) is 0 Å². The predicted octanol–water partition coefficient (Wildman–Crippen LogP) is 3.38. The van der Waals surface area contributed by atoms with E-state index < -0.39 is 0 Å². The van der Waals surface area contributed by atoms with Gasteiger partial charge in [-0.2, -0.15) is 0 Å². The number of rotatable bonds is 6. The van der Waals surface area contributed by atoms with E-state index in [-0.39, 0.29) is 11.9 Å². The maximum Gasteiger partial charge on any atom is 0.224 e. The Morgan fingerprint density at radius 3 is 2.67 bits per heavy atom. The molecule has 1 aromatic heterocycles. The summed E-state index contributed by atoms with van der Waals surface area (Å²) in [5, 5.41) is 2.98. The highest BCUT2D eigenvalue weighted by Gasteiger charge is 2.13. The van der Waals surface area contributed by atoms with Crippen LogP contribution >= 0.6 is 0 Å². The first kappa shape index (κ1) is 16.1. The van der Waals surface area contributed by atoms with E-state index in [2.05, 4.69) is 15.3 Å². The molecule has 5 nitrogen and oxygen atoms in total. The van der Waals surface area contributed by atoms with Crippen LogP contribution in [0.15, 0.2) is 48.5 Å². The summed E-state index contributed by atoms with van der Waals surface area (Å²) in [6.07, 6.45) is 0.330. The van der Waals surface area contributed by atoms with E-state index in [1.807, 2.05) is 62.4 Å². The van der Waals surface area contributed by atoms with Crippen LogP contribution in [0.3, 0.4) is 0 Å². The van der Waals surface area contributed by atoms with Crippen LogP contribution in [-0.2, 0) is 11.2 Å². The molecule has 3 aromatic rings. The molecule has 0 bridgehead atoms. The molecule has 0 saturated carbocycles. The van der Waals surface area contributed by atoms with Gasteiger partial charge in [-0.3, -0.25) is 4.79 Å². The number of carbonyl (C=O) groups excluding carboxylic acids is 1. The average molecular weight is 323 g/mol. The molecule has 0 aliphatic carbocycles. The SMILES string of the molecule is CCOc1ccc(CC(=O)N[C@@H](C)c2nc3ccccc3[nH]2)cc1. The second-order valence-electron chi connectivity index (χ2n) is 5.68. The largest absolute Gasteiger partial charge is 0.494 e. The summed E-state index contributed by atoms with van der Waals surface area (Å²) in [5.74, 6) is 1.54. The Morgan fingerprint density at radius 2 is 1.96 bits per heavy atom. The molecule has 0 fully saturated rings. The lowest BCUT2D eigenvalue weighted by molar-refractivity contribution is -0.121. The minimum absolute atomic E-state index is 0.0351. The Balaban J connectivity index is 1.61. The van der Waals surface area contributed by atoms with Crippen molar-refractivity contribution in [1.29, 1.82) is 0 Å². The molecule has 2 N–H and O–H groups in total. The van der Waals surface area contributed by atoms with Gasteiger partial charge in [0.1, 0.15) is 11.6 Å². The molecule has 0 aliphatic heterocycles. The Morgan fingerprint density at radius 1 is 1.21 bits per heavy atom. The fourth-order valence-electron chi connectivity index (χ4n) is 2.59. The molecule has 0 unspecified atom stereocenters. The molecular weight excluding hydrogens is 302 g/mol. The minimum Gasteiger partial charge on any atom is -0.494 e. The van der Waals surface area contributed by atoms with Crippen molar-refractivity contribution >= 4 is 16.9 Å². The van der Waals surface area contributed by atoms with Gasteiger partial charge in [-0.05, 0) is 43.7 Å². The number of hydrogen-bond acceptors (Lipinski definition) is 3. The summed E-state index contributed by atoms with van der Waals surface area (Å²) >= 11 is 0. The van der Waals surface area contributed by atoms with E-state index in [1.165, 1.54) is 0 Å². The monoisotopic (exact) mass is 323 g/mol. The van der Waals surface area contributed by atoms with E-state index in [9.17, 15) is 4.79 Å². The number of nitrogens with one attached hydrogen (secondary N) is 2. The molecule has 24 heavy (non-hydrogen) atoms. The highest BCUT2D eigenvalue weighted by Crippen LogP contribution is 2.16. The van der Waals surface area contributed by atoms with Gasteiger partial charge in [0.25, 0.3) is 0 Å². The molecule has 2 aromatic carbocycles. The van der Waals surface area contributed by atoms with Crippen LogP contribution in [0.2, 0.25) is 0 Å². The van der Waals surface area contributed by atoms with Crippen molar-refractivity contribution in [2.75, 3.05) is 6.61 Å². The zero-order valence-corrected chi connectivity index (χ0v) is 13.9. The van der Waals surface area contributed by atoms with Crippen molar-refractivity contribution in [1.82, 2.24) is 15.3 Å². The topological polar surface area (TPSA) is 67.0 Å². The summed E-state index contributed by atoms with van der Waals surface area (Å²) in [6, 6.07) is 15.2. The van der Waals surface area contributed by atoms with Gasteiger partial charge in [-0.25, -0.2) is 4.98 Å². The molecule has 1 heterocycles. The maximum atomic E-state index is 12.2. The molecule has 0 radical (unpaired) electrons. The number of imidazole rings is 1. The number of nitrogens with zero attached hydrogens (tertiary/aromatic N) is 1. The number of hydrogen-bond donors (Lipinski definition) is 2. The first-order valence-electron chi connectivity index (χ1n) is 8.11. The van der Waals surface area contributed by atoms with Crippen LogP contribution in [0.5, 0.6) is 5.75 Å². The summed E-state index contributed by atoms with van der Waals surface area (Å²) < 4.78 is 5.40. The number of ether oxygens (including phenoxy) is 1. The lowest BCUT2D eigenvalue weighted by Crippen LogP contribution is -2.28. The van der Waals surface area contributed by atoms with Crippen molar-refractivity contribution in [3.05, 3.63) is 59.9 Å². The summed E-state index contributed by atoms with van der Waals surface area (Å²) in [5.41, 5.74) is 2.83. The van der Waals surface area contributed by atoms with Gasteiger partial charge in [0.2, 0.25) is 5.91 Å². The summed E-state index contributed by atoms with van der Waals surface area (Å²) in [4.78, 5) is 20.0. The third kappa shape index (κ3) is 3.74. The van der Waals surface area contributed by atoms with Gasteiger partial charge >= 0.3 is 0 Å². The molecule has 124 valence electrons. The maximum absolute atomic E-state index is 12.2. The Hall–Kier alpha value is -2.82. The minimum atomic E-state index is -0.174. The van der Waals surface area contributed by atoms with Crippen molar-refractivity contribution in [3.8, 4) is 5.75 Å². The average Bonchev–Trinajstić information content (AvgIpc) is 3.01. The third-order valence-electron chi connectivity index (χ3n) is 3.79. The highest BCUT2D eigenvalue weighted by molar-refractivity contribution is 5.79. The molecule has 0 aliphatic rings. The summed E-state index contributed by atoms with van der Waals surface area (Å²) in [7, 11) is 0. The third-order valence-corrected chi connectivity index (χ3v) is 3.79. The smallest absolute Gasteiger partial charge is 0.224 e. The first-order chi connectivity index (χ1) is 11.7. The van der Waals surface area contributed by atoms with Gasteiger partial charge in [0, 0.05) is 0 Å². The lowest BCUT2D eigenvalue weighted by Gasteiger charge is -2.11. The van der Waals surface area contributed by atoms with Gasteiger partial charge in [-0.15, -0.1) is 0 Å². The van der Waals surface area contributed by atoms with Gasteiger partial charge < -0.3 is 15.0 Å². The Bertz CT molecular complexity index is 791. The van der Waals surface area contributed by atoms with Crippen LogP contribution in [0, 0.1) is 0 Å². The Labute approximate surface area is 141 Å². The highest BCUT2D eigenvalue weighted by atomic mass is 16.5. The standard InChI is InChI=1S/C19H21N3O2/c1-3-24-15-10-8-14(9-11-15)12-18(23)20-13(2)19-21-16-6-4-5-7-17(16)22-19/h4-11,13H,3,12H2,1-2H3,(H,20,23)(H,21,22)/t13-/m0/s1. The number of H-pyrrole nitrogens is 1. The van der Waals surface area contributed by atoms with E-state index in [4.69, 9.17) is 4.74 Å². The number of amides is 1. The van der Waals surface area contributed by atoms with Crippen LogP contribution < -0.4 is 10.1 Å². The molecule has 0 spiro atoms. The first-order valence-corrected chi connectivity index (χ1v) is 8.11. The van der Waals surface area contributed by atoms with E-state index in [0.29, 0.717) is 13.0 Å². The lowest BCUT2D eigenvalue weighted by atomic mass is 10.1. The number of carbonyl (C=O) groups is 1. The number of fused-ring (bicyclic) bond motifs is 1. The van der Waals surface area contributed by atoms with Gasteiger partial charge in [0.05, 0.1) is 30.1 Å². The van der Waals surface area contributed by atoms with Gasteiger partial charge in [-0.1, -0.05) is 24.3 Å². The second kappa shape index (κ2) is 7.17. The van der Waals surface area contributed by atoms with Gasteiger partial charge in [0.15, 0.2) is 0 Å². The van der Waals surface area contributed by atoms with Crippen molar-refractivity contribution in [2.45, 2.75) is 26.3 Å². The fourth-order valence-corrected chi connectivity index (χ4v) is 2.59. The number of aromatic amines is 1.